The van der Waals surface area contributed by atoms with E-state index in [9.17, 15) is 4.39 Å². The SMILES string of the molecule is COc1ccc(Br)c(-c2nc3ccc(F)cc3[nH]2)c1. The van der Waals surface area contributed by atoms with Crippen molar-refractivity contribution < 1.29 is 9.13 Å². The molecule has 0 radical (unpaired) electrons. The summed E-state index contributed by atoms with van der Waals surface area (Å²) in [5, 5.41) is 0. The minimum absolute atomic E-state index is 0.285. The van der Waals surface area contributed by atoms with Crippen molar-refractivity contribution in [2.24, 2.45) is 0 Å². The van der Waals surface area contributed by atoms with Gasteiger partial charge in [-0.2, -0.15) is 0 Å². The molecule has 19 heavy (non-hydrogen) atoms. The zero-order valence-electron chi connectivity index (χ0n) is 10.1. The minimum Gasteiger partial charge on any atom is -0.497 e. The van der Waals surface area contributed by atoms with Gasteiger partial charge in [0, 0.05) is 10.0 Å². The third kappa shape index (κ3) is 2.21. The van der Waals surface area contributed by atoms with Crippen LogP contribution in [-0.4, -0.2) is 17.1 Å². The molecule has 0 unspecified atom stereocenters. The highest BCUT2D eigenvalue weighted by Crippen LogP contribution is 2.31. The van der Waals surface area contributed by atoms with Gasteiger partial charge in [0.15, 0.2) is 0 Å². The van der Waals surface area contributed by atoms with Crippen molar-refractivity contribution >= 4 is 27.0 Å². The second-order valence-electron chi connectivity index (χ2n) is 4.09. The Morgan fingerprint density at radius 2 is 2.05 bits per heavy atom. The average Bonchev–Trinajstić information content (AvgIpc) is 2.82. The molecule has 3 aromatic rings. The number of methoxy groups -OCH3 is 1. The molecule has 3 nitrogen and oxygen atoms in total. The number of nitrogens with zero attached hydrogens (tertiary/aromatic N) is 1. The summed E-state index contributed by atoms with van der Waals surface area (Å²) < 4.78 is 19.3. The largest absolute Gasteiger partial charge is 0.497 e. The minimum atomic E-state index is -0.285. The summed E-state index contributed by atoms with van der Waals surface area (Å²) >= 11 is 3.48. The molecule has 3 rings (SSSR count). The van der Waals surface area contributed by atoms with Gasteiger partial charge >= 0.3 is 0 Å². The summed E-state index contributed by atoms with van der Waals surface area (Å²) in [5.74, 6) is 1.13. The Labute approximate surface area is 117 Å². The summed E-state index contributed by atoms with van der Waals surface area (Å²) in [5.41, 5.74) is 2.27. The van der Waals surface area contributed by atoms with Crippen LogP contribution in [0.25, 0.3) is 22.4 Å². The number of H-pyrrole nitrogens is 1. The molecule has 1 heterocycles. The molecular weight excluding hydrogens is 311 g/mol. The van der Waals surface area contributed by atoms with E-state index in [1.165, 1.54) is 12.1 Å². The maximum Gasteiger partial charge on any atom is 0.139 e. The molecule has 0 saturated heterocycles. The molecule has 2 aromatic carbocycles. The Morgan fingerprint density at radius 1 is 1.21 bits per heavy atom. The van der Waals surface area contributed by atoms with Gasteiger partial charge < -0.3 is 9.72 Å². The molecule has 0 aliphatic carbocycles. The van der Waals surface area contributed by atoms with Gasteiger partial charge in [0.25, 0.3) is 0 Å². The standard InChI is InChI=1S/C14H10BrFN2O/c1-19-9-3-4-11(15)10(7-9)14-17-12-5-2-8(16)6-13(12)18-14/h2-7H,1H3,(H,17,18). The number of halogens is 2. The van der Waals surface area contributed by atoms with Gasteiger partial charge in [0.05, 0.1) is 18.1 Å². The van der Waals surface area contributed by atoms with Gasteiger partial charge in [0.2, 0.25) is 0 Å². The number of hydrogen-bond acceptors (Lipinski definition) is 2. The fourth-order valence-corrected chi connectivity index (χ4v) is 2.36. The number of fused-ring (bicyclic) bond motifs is 1. The maximum atomic E-state index is 13.2. The van der Waals surface area contributed by atoms with Gasteiger partial charge in [-0.05, 0) is 36.4 Å². The van der Waals surface area contributed by atoms with Crippen LogP contribution in [0.3, 0.4) is 0 Å². The zero-order chi connectivity index (χ0) is 13.4. The van der Waals surface area contributed by atoms with Crippen LogP contribution >= 0.6 is 15.9 Å². The summed E-state index contributed by atoms with van der Waals surface area (Å²) in [6.45, 7) is 0. The highest BCUT2D eigenvalue weighted by molar-refractivity contribution is 9.10. The number of aromatic nitrogens is 2. The van der Waals surface area contributed by atoms with Crippen molar-refractivity contribution in [1.29, 1.82) is 0 Å². The number of nitrogens with one attached hydrogen (secondary N) is 1. The molecular formula is C14H10BrFN2O. The van der Waals surface area contributed by atoms with Crippen molar-refractivity contribution in [3.63, 3.8) is 0 Å². The lowest BCUT2D eigenvalue weighted by Gasteiger charge is -2.04. The number of rotatable bonds is 2. The van der Waals surface area contributed by atoms with Gasteiger partial charge in [-0.25, -0.2) is 9.37 Å². The molecule has 96 valence electrons. The molecule has 0 spiro atoms. The number of aromatic amines is 1. The maximum absolute atomic E-state index is 13.2. The summed E-state index contributed by atoms with van der Waals surface area (Å²) in [4.78, 5) is 7.56. The van der Waals surface area contributed by atoms with E-state index in [-0.39, 0.29) is 5.82 Å². The molecule has 0 aliphatic rings. The highest BCUT2D eigenvalue weighted by atomic mass is 79.9. The van der Waals surface area contributed by atoms with E-state index in [1.807, 2.05) is 18.2 Å². The fourth-order valence-electron chi connectivity index (χ4n) is 1.92. The molecule has 1 aromatic heterocycles. The molecule has 0 aliphatic heterocycles. The fraction of sp³-hybridized carbons (Fsp3) is 0.0714. The molecule has 0 fully saturated rings. The summed E-state index contributed by atoms with van der Waals surface area (Å²) in [7, 11) is 1.61. The Kier molecular flexibility index (Phi) is 2.98. The number of benzene rings is 2. The van der Waals surface area contributed by atoms with Crippen molar-refractivity contribution in [2.45, 2.75) is 0 Å². The first kappa shape index (κ1) is 12.2. The van der Waals surface area contributed by atoms with Crippen LogP contribution in [0.2, 0.25) is 0 Å². The van der Waals surface area contributed by atoms with Gasteiger partial charge in [-0.3, -0.25) is 0 Å². The lowest BCUT2D eigenvalue weighted by molar-refractivity contribution is 0.415. The van der Waals surface area contributed by atoms with E-state index >= 15 is 0 Å². The van der Waals surface area contributed by atoms with Gasteiger partial charge in [-0.1, -0.05) is 15.9 Å². The zero-order valence-corrected chi connectivity index (χ0v) is 11.7. The third-order valence-corrected chi connectivity index (χ3v) is 3.56. The lowest BCUT2D eigenvalue weighted by Crippen LogP contribution is -1.86. The van der Waals surface area contributed by atoms with E-state index in [1.54, 1.807) is 13.2 Å². The smallest absolute Gasteiger partial charge is 0.139 e. The number of ether oxygens (including phenoxy) is 1. The molecule has 0 atom stereocenters. The molecule has 0 amide bonds. The third-order valence-electron chi connectivity index (χ3n) is 2.87. The molecule has 0 saturated carbocycles. The topological polar surface area (TPSA) is 37.9 Å². The first-order valence-corrected chi connectivity index (χ1v) is 6.46. The van der Waals surface area contributed by atoms with Crippen LogP contribution in [0.5, 0.6) is 5.75 Å². The van der Waals surface area contributed by atoms with E-state index < -0.39 is 0 Å². The first-order chi connectivity index (χ1) is 9.17. The monoisotopic (exact) mass is 320 g/mol. The van der Waals surface area contributed by atoms with Crippen molar-refractivity contribution in [2.75, 3.05) is 7.11 Å². The van der Waals surface area contributed by atoms with Crippen LogP contribution in [0.4, 0.5) is 4.39 Å². The van der Waals surface area contributed by atoms with E-state index in [0.717, 1.165) is 21.3 Å². The number of hydrogen-bond donors (Lipinski definition) is 1. The normalized spacial score (nSPS) is 10.9. The van der Waals surface area contributed by atoms with E-state index in [4.69, 9.17) is 4.74 Å². The Morgan fingerprint density at radius 3 is 2.84 bits per heavy atom. The van der Waals surface area contributed by atoms with Crippen molar-refractivity contribution in [1.82, 2.24) is 9.97 Å². The number of imidazole rings is 1. The molecule has 0 bridgehead atoms. The van der Waals surface area contributed by atoms with E-state index in [2.05, 4.69) is 25.9 Å². The Bertz CT molecular complexity index is 754. The summed E-state index contributed by atoms with van der Waals surface area (Å²) in [6, 6.07) is 10.1. The summed E-state index contributed by atoms with van der Waals surface area (Å²) in [6.07, 6.45) is 0. The second kappa shape index (κ2) is 4.66. The quantitative estimate of drug-likeness (QED) is 0.770. The lowest BCUT2D eigenvalue weighted by atomic mass is 10.2. The van der Waals surface area contributed by atoms with Gasteiger partial charge in [0.1, 0.15) is 17.4 Å². The van der Waals surface area contributed by atoms with Crippen LogP contribution in [0, 0.1) is 5.82 Å². The molecule has 1 N–H and O–H groups in total. The Hall–Kier alpha value is -1.88. The predicted molar refractivity (Wildman–Crippen MR) is 75.7 cm³/mol. The Balaban J connectivity index is 2.18. The van der Waals surface area contributed by atoms with Crippen LogP contribution in [0.15, 0.2) is 40.9 Å². The molecule has 5 heteroatoms. The first-order valence-electron chi connectivity index (χ1n) is 5.66. The predicted octanol–water partition coefficient (Wildman–Crippen LogP) is 4.14. The van der Waals surface area contributed by atoms with E-state index in [0.29, 0.717) is 11.3 Å². The van der Waals surface area contributed by atoms with Crippen LogP contribution < -0.4 is 4.74 Å². The van der Waals surface area contributed by atoms with Crippen molar-refractivity contribution in [3.8, 4) is 17.1 Å². The van der Waals surface area contributed by atoms with Crippen LogP contribution in [-0.2, 0) is 0 Å². The average molecular weight is 321 g/mol. The highest BCUT2D eigenvalue weighted by Gasteiger charge is 2.10. The van der Waals surface area contributed by atoms with Crippen molar-refractivity contribution in [3.05, 3.63) is 46.7 Å². The van der Waals surface area contributed by atoms with Crippen LogP contribution in [0.1, 0.15) is 0 Å². The second-order valence-corrected chi connectivity index (χ2v) is 4.95. The van der Waals surface area contributed by atoms with Gasteiger partial charge in [-0.15, -0.1) is 0 Å².